The Kier molecular flexibility index (Phi) is 8.29. The number of nitrogens with one attached hydrogen (secondary N) is 2. The Bertz CT molecular complexity index is 574. The van der Waals surface area contributed by atoms with Crippen molar-refractivity contribution in [2.45, 2.75) is 90.5 Å². The summed E-state index contributed by atoms with van der Waals surface area (Å²) in [5, 5.41) is 15.3. The zero-order valence-corrected chi connectivity index (χ0v) is 18.1. The van der Waals surface area contributed by atoms with E-state index in [1.165, 1.54) is 6.92 Å². The summed E-state index contributed by atoms with van der Waals surface area (Å²) in [5.74, 6) is -2.04. The van der Waals surface area contributed by atoms with Crippen molar-refractivity contribution in [1.29, 1.82) is 0 Å². The van der Waals surface area contributed by atoms with Gasteiger partial charge in [-0.1, -0.05) is 13.3 Å². The Morgan fingerprint density at radius 3 is 2.21 bits per heavy atom. The van der Waals surface area contributed by atoms with Crippen molar-refractivity contribution in [1.82, 2.24) is 10.6 Å². The molecule has 5 atom stereocenters. The third-order valence-corrected chi connectivity index (χ3v) is 5.32. The molecule has 0 aromatic carbocycles. The Morgan fingerprint density at radius 1 is 1.18 bits per heavy atom. The average molecular weight is 401 g/mol. The Balaban J connectivity index is 3.18. The lowest BCUT2D eigenvalue weighted by molar-refractivity contribution is -0.141. The highest BCUT2D eigenvalue weighted by atomic mass is 16.6. The highest BCUT2D eigenvalue weighted by Crippen LogP contribution is 2.39. The lowest BCUT2D eigenvalue weighted by atomic mass is 9.79. The maximum absolute atomic E-state index is 12.3. The van der Waals surface area contributed by atoms with E-state index in [9.17, 15) is 19.5 Å². The molecule has 0 bridgehead atoms. The number of carbonyl (C=O) groups is 3. The number of amides is 2. The summed E-state index contributed by atoms with van der Waals surface area (Å²) in [5.41, 5.74) is -1.35. The van der Waals surface area contributed by atoms with Crippen LogP contribution >= 0.6 is 0 Å². The predicted octanol–water partition coefficient (Wildman–Crippen LogP) is 2.70. The van der Waals surface area contributed by atoms with Gasteiger partial charge in [0.25, 0.3) is 0 Å². The predicted molar refractivity (Wildman–Crippen MR) is 105 cm³/mol. The van der Waals surface area contributed by atoms with Gasteiger partial charge in [0, 0.05) is 26.0 Å². The van der Waals surface area contributed by atoms with Crippen molar-refractivity contribution in [3.05, 3.63) is 0 Å². The van der Waals surface area contributed by atoms with Gasteiger partial charge in [-0.05, 0) is 47.0 Å². The summed E-state index contributed by atoms with van der Waals surface area (Å²) in [6, 6.07) is -0.890. The van der Waals surface area contributed by atoms with E-state index in [1.54, 1.807) is 27.9 Å². The summed E-state index contributed by atoms with van der Waals surface area (Å²) in [6.45, 7) is 10.7. The first kappa shape index (κ1) is 24.2. The highest BCUT2D eigenvalue weighted by Gasteiger charge is 2.49. The molecular formula is C20H36N2O6. The molecule has 0 radical (unpaired) electrons. The Morgan fingerprint density at radius 2 is 1.79 bits per heavy atom. The van der Waals surface area contributed by atoms with Crippen LogP contribution in [0.5, 0.6) is 0 Å². The van der Waals surface area contributed by atoms with E-state index in [0.717, 1.165) is 6.42 Å². The molecule has 8 nitrogen and oxygen atoms in total. The van der Waals surface area contributed by atoms with E-state index < -0.39 is 41.3 Å². The van der Waals surface area contributed by atoms with Crippen LogP contribution in [-0.4, -0.2) is 53.5 Å². The van der Waals surface area contributed by atoms with Gasteiger partial charge >= 0.3 is 12.1 Å². The zero-order chi connectivity index (χ0) is 21.7. The molecular weight excluding hydrogens is 364 g/mol. The van der Waals surface area contributed by atoms with Crippen molar-refractivity contribution in [3.63, 3.8) is 0 Å². The molecule has 162 valence electrons. The second-order valence-electron chi connectivity index (χ2n) is 8.87. The summed E-state index contributed by atoms with van der Waals surface area (Å²) >= 11 is 0. The third-order valence-electron chi connectivity index (χ3n) is 5.32. The first-order valence-corrected chi connectivity index (χ1v) is 9.87. The molecule has 5 unspecified atom stereocenters. The zero-order valence-electron chi connectivity index (χ0n) is 18.1. The van der Waals surface area contributed by atoms with Gasteiger partial charge in [-0.2, -0.15) is 0 Å². The molecule has 0 aliphatic heterocycles. The van der Waals surface area contributed by atoms with Gasteiger partial charge in [0.15, 0.2) is 0 Å². The number of alkyl carbamates (subject to hydrolysis) is 1. The van der Waals surface area contributed by atoms with E-state index >= 15 is 0 Å². The smallest absolute Gasteiger partial charge is 0.407 e. The average Bonchev–Trinajstić information content (AvgIpc) is 2.94. The number of carboxylic acids is 1. The lowest BCUT2D eigenvalue weighted by Gasteiger charge is -2.42. The fourth-order valence-electron chi connectivity index (χ4n) is 4.08. The van der Waals surface area contributed by atoms with E-state index in [0.29, 0.717) is 12.8 Å². The summed E-state index contributed by atoms with van der Waals surface area (Å²) in [4.78, 5) is 35.9. The van der Waals surface area contributed by atoms with Gasteiger partial charge < -0.3 is 25.2 Å². The Hall–Kier alpha value is -1.83. The number of aliphatic carboxylic acids is 1. The quantitative estimate of drug-likeness (QED) is 0.577. The summed E-state index contributed by atoms with van der Waals surface area (Å²) < 4.78 is 11.1. The number of hydrogen-bond donors (Lipinski definition) is 3. The summed E-state index contributed by atoms with van der Waals surface area (Å²) in [6.07, 6.45) is 1.54. The van der Waals surface area contributed by atoms with Crippen molar-refractivity contribution in [2.75, 3.05) is 7.11 Å². The molecule has 0 spiro atoms. The van der Waals surface area contributed by atoms with E-state index in [-0.39, 0.29) is 18.2 Å². The van der Waals surface area contributed by atoms with Crippen LogP contribution in [0.15, 0.2) is 0 Å². The molecule has 0 aromatic rings. The number of hydrogen-bond acceptors (Lipinski definition) is 5. The molecule has 1 rings (SSSR count). The SMILES string of the molecule is CCCC(C)(OC)C(NC(C)=O)C1CC(C(=O)O)CC1NC(=O)OC(C)(C)C. The molecule has 1 fully saturated rings. The number of carboxylic acid groups (broad SMARTS) is 1. The van der Waals surface area contributed by atoms with Crippen LogP contribution < -0.4 is 10.6 Å². The molecule has 3 N–H and O–H groups in total. The number of carbonyl (C=O) groups excluding carboxylic acids is 2. The Labute approximate surface area is 167 Å². The van der Waals surface area contributed by atoms with Crippen LogP contribution in [0.25, 0.3) is 0 Å². The minimum Gasteiger partial charge on any atom is -0.481 e. The second kappa shape index (κ2) is 9.58. The molecule has 1 saturated carbocycles. The maximum atomic E-state index is 12.3. The lowest BCUT2D eigenvalue weighted by Crippen LogP contribution is -2.59. The standard InChI is InChI=1S/C20H36N2O6/c1-8-9-20(6,27-7)16(21-12(2)23)14-10-13(17(24)25)11-15(14)22-18(26)28-19(3,4)5/h13-16H,8-11H2,1-7H3,(H,21,23)(H,22,26)(H,24,25). The topological polar surface area (TPSA) is 114 Å². The number of ether oxygens (including phenoxy) is 2. The molecule has 2 amide bonds. The first-order valence-electron chi connectivity index (χ1n) is 9.87. The van der Waals surface area contributed by atoms with Gasteiger partial charge in [0.1, 0.15) is 5.60 Å². The molecule has 28 heavy (non-hydrogen) atoms. The molecule has 0 saturated heterocycles. The fraction of sp³-hybridized carbons (Fsp3) is 0.850. The van der Waals surface area contributed by atoms with Crippen LogP contribution in [0.4, 0.5) is 4.79 Å². The largest absolute Gasteiger partial charge is 0.481 e. The van der Waals surface area contributed by atoms with Gasteiger partial charge in [-0.3, -0.25) is 9.59 Å². The van der Waals surface area contributed by atoms with Gasteiger partial charge in [0.05, 0.1) is 17.6 Å². The molecule has 1 aliphatic carbocycles. The minimum absolute atomic E-state index is 0.223. The normalized spacial score (nSPS) is 25.5. The molecule has 0 heterocycles. The van der Waals surface area contributed by atoms with Gasteiger partial charge in [-0.15, -0.1) is 0 Å². The van der Waals surface area contributed by atoms with Gasteiger partial charge in [-0.25, -0.2) is 4.79 Å². The van der Waals surface area contributed by atoms with Crippen LogP contribution in [0.2, 0.25) is 0 Å². The van der Waals surface area contributed by atoms with Gasteiger partial charge in [0.2, 0.25) is 5.91 Å². The number of rotatable bonds is 8. The minimum atomic E-state index is -0.908. The third kappa shape index (κ3) is 6.65. The fourth-order valence-corrected chi connectivity index (χ4v) is 4.08. The summed E-state index contributed by atoms with van der Waals surface area (Å²) in [7, 11) is 1.59. The van der Waals surface area contributed by atoms with Crippen molar-refractivity contribution in [2.24, 2.45) is 11.8 Å². The van der Waals surface area contributed by atoms with E-state index in [2.05, 4.69) is 10.6 Å². The molecule has 0 aromatic heterocycles. The van der Waals surface area contributed by atoms with E-state index in [4.69, 9.17) is 9.47 Å². The highest BCUT2D eigenvalue weighted by molar-refractivity contribution is 5.74. The maximum Gasteiger partial charge on any atom is 0.407 e. The van der Waals surface area contributed by atoms with E-state index in [1.807, 2.05) is 13.8 Å². The van der Waals surface area contributed by atoms with Crippen molar-refractivity contribution < 1.29 is 29.0 Å². The van der Waals surface area contributed by atoms with Crippen LogP contribution in [-0.2, 0) is 19.1 Å². The number of methoxy groups -OCH3 is 1. The second-order valence-corrected chi connectivity index (χ2v) is 8.87. The molecule has 8 heteroatoms. The van der Waals surface area contributed by atoms with Crippen LogP contribution in [0.1, 0.15) is 67.2 Å². The van der Waals surface area contributed by atoms with Crippen molar-refractivity contribution in [3.8, 4) is 0 Å². The van der Waals surface area contributed by atoms with Crippen LogP contribution in [0, 0.1) is 11.8 Å². The monoisotopic (exact) mass is 400 g/mol. The molecule has 1 aliphatic rings. The van der Waals surface area contributed by atoms with Crippen LogP contribution in [0.3, 0.4) is 0 Å². The first-order chi connectivity index (χ1) is 12.8. The van der Waals surface area contributed by atoms with Crippen molar-refractivity contribution >= 4 is 18.0 Å².